The molecule has 2 bridgehead atoms. The number of nitrogens with one attached hydrogen (secondary N) is 2. The standard InChI is InChI=1S/C36H47ClN6O4/c1-2-24-17-23(18-29(37)33(24)38)19-31(34(45)42-15-13-41(14-16-42)27-20-25-7-8-26(21-27)39-25)47-35(46)43-11-9-36(10-12-43)22-32(44)40-30-6-4-3-5-28(30)36/h3-6,17-18,25-27,31,39H,2,7-16,19-22,38H2,1H3,(H,40,44)/t25?,26?,27?,31-/m1/s1. The number of amides is 3. The van der Waals surface area contributed by atoms with E-state index in [0.717, 1.165) is 35.5 Å². The topological polar surface area (TPSA) is 120 Å². The van der Waals surface area contributed by atoms with Crippen LogP contribution in [0.15, 0.2) is 36.4 Å². The maximum Gasteiger partial charge on any atom is 0.410 e. The van der Waals surface area contributed by atoms with Crippen LogP contribution in [-0.2, 0) is 32.6 Å². The third-order valence-electron chi connectivity index (χ3n) is 11.4. The number of carbonyl (C=O) groups is 3. The van der Waals surface area contributed by atoms with Crippen molar-refractivity contribution in [3.8, 4) is 0 Å². The van der Waals surface area contributed by atoms with E-state index in [-0.39, 0.29) is 23.7 Å². The zero-order valence-electron chi connectivity index (χ0n) is 27.3. The van der Waals surface area contributed by atoms with Crippen molar-refractivity contribution >= 4 is 40.9 Å². The number of fused-ring (bicyclic) bond motifs is 4. The molecule has 1 spiro atoms. The number of hydrogen-bond acceptors (Lipinski definition) is 7. The molecule has 5 heterocycles. The van der Waals surface area contributed by atoms with E-state index in [1.165, 1.54) is 25.7 Å². The minimum atomic E-state index is -0.981. The first-order valence-corrected chi connectivity index (χ1v) is 17.8. The molecule has 0 aromatic heterocycles. The fourth-order valence-corrected chi connectivity index (χ4v) is 9.05. The second-order valence-electron chi connectivity index (χ2n) is 14.2. The van der Waals surface area contributed by atoms with Gasteiger partial charge in [-0.1, -0.05) is 42.8 Å². The molecule has 47 heavy (non-hydrogen) atoms. The smallest absolute Gasteiger partial charge is 0.410 e. The Balaban J connectivity index is 1.04. The molecule has 5 aliphatic rings. The van der Waals surface area contributed by atoms with E-state index < -0.39 is 12.2 Å². The Hall–Kier alpha value is -3.34. The maximum atomic E-state index is 14.1. The van der Waals surface area contributed by atoms with Gasteiger partial charge in [-0.15, -0.1) is 0 Å². The summed E-state index contributed by atoms with van der Waals surface area (Å²) in [4.78, 5) is 46.6. The molecule has 2 aromatic rings. The lowest BCUT2D eigenvalue weighted by molar-refractivity contribution is -0.143. The van der Waals surface area contributed by atoms with E-state index >= 15 is 0 Å². The number of piperidine rings is 2. The number of rotatable bonds is 6. The largest absolute Gasteiger partial charge is 0.436 e. The number of aryl methyl sites for hydroxylation is 1. The number of ether oxygens (including phenoxy) is 1. The highest BCUT2D eigenvalue weighted by atomic mass is 35.5. The number of anilines is 2. The minimum absolute atomic E-state index is 0.00611. The van der Waals surface area contributed by atoms with Crippen LogP contribution in [0.5, 0.6) is 0 Å². The molecule has 4 fully saturated rings. The number of piperazine rings is 1. The van der Waals surface area contributed by atoms with Crippen molar-refractivity contribution in [1.29, 1.82) is 0 Å². The highest BCUT2D eigenvalue weighted by Crippen LogP contribution is 2.45. The van der Waals surface area contributed by atoms with Gasteiger partial charge in [0.1, 0.15) is 0 Å². The Morgan fingerprint density at radius 2 is 1.72 bits per heavy atom. The Labute approximate surface area is 282 Å². The summed E-state index contributed by atoms with van der Waals surface area (Å²) in [5.41, 5.74) is 10.2. The number of nitrogens with zero attached hydrogens (tertiary/aromatic N) is 3. The lowest BCUT2D eigenvalue weighted by Crippen LogP contribution is -2.57. The first kappa shape index (κ1) is 32.2. The first-order valence-electron chi connectivity index (χ1n) is 17.4. The van der Waals surface area contributed by atoms with Crippen LogP contribution in [0, 0.1) is 0 Å². The number of likely N-dealkylation sites (tertiary alicyclic amines) is 1. The van der Waals surface area contributed by atoms with Gasteiger partial charge in [0.15, 0.2) is 6.10 Å². The van der Waals surface area contributed by atoms with E-state index in [4.69, 9.17) is 22.1 Å². The number of nitrogen functional groups attached to an aromatic ring is 1. The van der Waals surface area contributed by atoms with Crippen molar-refractivity contribution in [2.75, 3.05) is 50.3 Å². The molecule has 4 N–H and O–H groups in total. The normalized spacial score (nSPS) is 26.1. The lowest BCUT2D eigenvalue weighted by Gasteiger charge is -2.45. The predicted molar refractivity (Wildman–Crippen MR) is 183 cm³/mol. The van der Waals surface area contributed by atoms with Gasteiger partial charge in [0.2, 0.25) is 5.91 Å². The summed E-state index contributed by atoms with van der Waals surface area (Å²) in [5, 5.41) is 7.17. The zero-order chi connectivity index (χ0) is 32.7. The molecule has 10 nitrogen and oxygen atoms in total. The predicted octanol–water partition coefficient (Wildman–Crippen LogP) is 4.34. The summed E-state index contributed by atoms with van der Waals surface area (Å²) >= 11 is 6.49. The molecule has 0 saturated carbocycles. The van der Waals surface area contributed by atoms with Crippen molar-refractivity contribution in [2.45, 2.75) is 94.4 Å². The van der Waals surface area contributed by atoms with E-state index in [1.54, 1.807) is 11.0 Å². The van der Waals surface area contributed by atoms with Crippen LogP contribution in [-0.4, -0.2) is 96.1 Å². The number of hydrogen-bond donors (Lipinski definition) is 3. The van der Waals surface area contributed by atoms with Gasteiger partial charge in [-0.25, -0.2) is 4.79 Å². The van der Waals surface area contributed by atoms with Gasteiger partial charge in [-0.05, 0) is 73.8 Å². The first-order chi connectivity index (χ1) is 22.7. The van der Waals surface area contributed by atoms with Gasteiger partial charge in [0, 0.05) is 81.3 Å². The summed E-state index contributed by atoms with van der Waals surface area (Å²) in [6.45, 7) is 5.79. The molecule has 252 valence electrons. The summed E-state index contributed by atoms with van der Waals surface area (Å²) in [7, 11) is 0. The molecule has 3 amide bonds. The summed E-state index contributed by atoms with van der Waals surface area (Å²) in [6, 6.07) is 13.5. The summed E-state index contributed by atoms with van der Waals surface area (Å²) in [6.07, 6.45) is 6.04. The molecule has 5 aliphatic heterocycles. The van der Waals surface area contributed by atoms with Crippen molar-refractivity contribution in [3.05, 3.63) is 58.1 Å². The summed E-state index contributed by atoms with van der Waals surface area (Å²) < 4.78 is 6.12. The highest BCUT2D eigenvalue weighted by molar-refractivity contribution is 6.33. The highest BCUT2D eigenvalue weighted by Gasteiger charge is 2.44. The second kappa shape index (κ2) is 13.3. The van der Waals surface area contributed by atoms with Crippen molar-refractivity contribution in [3.63, 3.8) is 0 Å². The van der Waals surface area contributed by atoms with Crippen LogP contribution in [0.3, 0.4) is 0 Å². The summed E-state index contributed by atoms with van der Waals surface area (Å²) in [5.74, 6) is -0.160. The Morgan fingerprint density at radius 3 is 2.43 bits per heavy atom. The molecule has 2 aromatic carbocycles. The van der Waals surface area contributed by atoms with Gasteiger partial charge in [-0.2, -0.15) is 0 Å². The molecular weight excluding hydrogens is 616 g/mol. The number of carbonyl (C=O) groups excluding carboxylic acids is 3. The van der Waals surface area contributed by atoms with Crippen LogP contribution in [0.4, 0.5) is 16.2 Å². The van der Waals surface area contributed by atoms with E-state index in [2.05, 4.69) is 21.6 Å². The second-order valence-corrected chi connectivity index (χ2v) is 14.6. The van der Waals surface area contributed by atoms with Crippen molar-refractivity contribution < 1.29 is 19.1 Å². The Morgan fingerprint density at radius 1 is 1.02 bits per heavy atom. The Kier molecular flexibility index (Phi) is 9.11. The maximum absolute atomic E-state index is 14.1. The molecule has 4 saturated heterocycles. The molecule has 0 aliphatic carbocycles. The molecule has 0 radical (unpaired) electrons. The number of para-hydroxylation sites is 1. The number of nitrogens with two attached hydrogens (primary N) is 1. The van der Waals surface area contributed by atoms with Gasteiger partial charge < -0.3 is 30.9 Å². The third-order valence-corrected chi connectivity index (χ3v) is 11.7. The van der Waals surface area contributed by atoms with Gasteiger partial charge in [0.25, 0.3) is 5.91 Å². The zero-order valence-corrected chi connectivity index (χ0v) is 28.1. The monoisotopic (exact) mass is 662 g/mol. The van der Waals surface area contributed by atoms with Gasteiger partial charge in [0.05, 0.1) is 10.7 Å². The fourth-order valence-electron chi connectivity index (χ4n) is 8.79. The van der Waals surface area contributed by atoms with Crippen LogP contribution in [0.2, 0.25) is 5.02 Å². The van der Waals surface area contributed by atoms with Crippen molar-refractivity contribution in [2.24, 2.45) is 0 Å². The minimum Gasteiger partial charge on any atom is -0.436 e. The van der Waals surface area contributed by atoms with Crippen molar-refractivity contribution in [1.82, 2.24) is 20.0 Å². The third kappa shape index (κ3) is 6.56. The fraction of sp³-hybridized carbons (Fsp3) is 0.583. The average Bonchev–Trinajstić information content (AvgIpc) is 3.42. The van der Waals surface area contributed by atoms with E-state index in [9.17, 15) is 14.4 Å². The lowest BCUT2D eigenvalue weighted by atomic mass is 9.68. The van der Waals surface area contributed by atoms with Crippen LogP contribution >= 0.6 is 11.6 Å². The van der Waals surface area contributed by atoms with Crippen LogP contribution in [0.1, 0.15) is 68.6 Å². The van der Waals surface area contributed by atoms with Gasteiger partial charge in [-0.3, -0.25) is 14.5 Å². The van der Waals surface area contributed by atoms with Crippen LogP contribution < -0.4 is 16.4 Å². The SMILES string of the molecule is CCc1cc(C[C@@H](OC(=O)N2CCC3(CC2)CC(=O)Nc2ccccc23)C(=O)N2CCN(C3CC4CCC(C3)N4)CC2)cc(Cl)c1N. The average molecular weight is 663 g/mol. The number of halogens is 1. The van der Waals surface area contributed by atoms with E-state index in [0.29, 0.717) is 80.7 Å². The molecular formula is C36H47ClN6O4. The van der Waals surface area contributed by atoms with Gasteiger partial charge >= 0.3 is 6.09 Å². The molecule has 2 unspecified atom stereocenters. The molecule has 11 heteroatoms. The molecule has 3 atom stereocenters. The van der Waals surface area contributed by atoms with Crippen LogP contribution in [0.25, 0.3) is 0 Å². The quantitative estimate of drug-likeness (QED) is 0.394. The molecule has 7 rings (SSSR count). The van der Waals surface area contributed by atoms with E-state index in [1.807, 2.05) is 36.1 Å². The number of benzene rings is 2. The Bertz CT molecular complexity index is 1510.